The minimum absolute atomic E-state index is 0.573. The molecule has 0 radical (unpaired) electrons. The summed E-state index contributed by atoms with van der Waals surface area (Å²) in [5.74, 6) is 2.81. The fourth-order valence-corrected chi connectivity index (χ4v) is 3.40. The maximum atomic E-state index is 5.41. The van der Waals surface area contributed by atoms with Crippen molar-refractivity contribution in [3.63, 3.8) is 0 Å². The molecular formula is C22H29N5OS. The van der Waals surface area contributed by atoms with Gasteiger partial charge >= 0.3 is 0 Å². The summed E-state index contributed by atoms with van der Waals surface area (Å²) >= 11 is 1.81. The molecule has 3 aromatic rings. The van der Waals surface area contributed by atoms with Crippen molar-refractivity contribution in [2.75, 3.05) is 25.1 Å². The number of para-hydroxylation sites is 1. The zero-order valence-electron chi connectivity index (χ0n) is 17.3. The SMILES string of the molecule is CSCCNC(=NCc1ccccc1-n1nc(C)cc1C)NCCc1ccco1. The van der Waals surface area contributed by atoms with Gasteiger partial charge in [-0.3, -0.25) is 0 Å². The van der Waals surface area contributed by atoms with Crippen LogP contribution in [-0.4, -0.2) is 40.8 Å². The van der Waals surface area contributed by atoms with Gasteiger partial charge in [0.2, 0.25) is 0 Å². The molecule has 2 heterocycles. The van der Waals surface area contributed by atoms with E-state index < -0.39 is 0 Å². The molecule has 0 saturated carbocycles. The first-order valence-electron chi connectivity index (χ1n) is 9.82. The van der Waals surface area contributed by atoms with Crippen LogP contribution in [0.15, 0.2) is 58.1 Å². The van der Waals surface area contributed by atoms with Gasteiger partial charge in [-0.15, -0.1) is 0 Å². The second-order valence-electron chi connectivity index (χ2n) is 6.81. The van der Waals surface area contributed by atoms with Crippen molar-refractivity contribution >= 4 is 17.7 Å². The normalized spacial score (nSPS) is 11.6. The molecule has 0 saturated heterocycles. The van der Waals surface area contributed by atoms with E-state index in [0.717, 1.165) is 59.6 Å². The first-order valence-corrected chi connectivity index (χ1v) is 11.2. The summed E-state index contributed by atoms with van der Waals surface area (Å²) in [6.45, 7) is 6.29. The van der Waals surface area contributed by atoms with Gasteiger partial charge < -0.3 is 15.1 Å². The van der Waals surface area contributed by atoms with Gasteiger partial charge in [0, 0.05) is 31.0 Å². The molecule has 0 amide bonds. The standard InChI is InChI=1S/C22H29N5OS/c1-17-15-18(2)27(26-17)21-9-5-4-7-19(21)16-25-22(24-12-14-29-3)23-11-10-20-8-6-13-28-20/h4-9,13,15H,10-12,14,16H2,1-3H3,(H2,23,24,25). The quantitative estimate of drug-likeness (QED) is 0.319. The highest BCUT2D eigenvalue weighted by molar-refractivity contribution is 7.98. The van der Waals surface area contributed by atoms with Gasteiger partial charge in [-0.25, -0.2) is 9.67 Å². The molecule has 2 aromatic heterocycles. The predicted octanol–water partition coefficient (Wildman–Crippen LogP) is 3.72. The summed E-state index contributed by atoms with van der Waals surface area (Å²) in [4.78, 5) is 4.82. The Kier molecular flexibility index (Phi) is 7.81. The van der Waals surface area contributed by atoms with Crippen molar-refractivity contribution < 1.29 is 4.42 Å². The van der Waals surface area contributed by atoms with E-state index in [2.05, 4.69) is 47.1 Å². The number of aliphatic imine (C=N–C) groups is 1. The largest absolute Gasteiger partial charge is 0.469 e. The summed E-state index contributed by atoms with van der Waals surface area (Å²) < 4.78 is 7.40. The molecule has 0 aliphatic rings. The maximum Gasteiger partial charge on any atom is 0.191 e. The van der Waals surface area contributed by atoms with E-state index in [4.69, 9.17) is 9.41 Å². The zero-order valence-corrected chi connectivity index (χ0v) is 18.1. The molecule has 0 aliphatic carbocycles. The molecule has 0 unspecified atom stereocenters. The van der Waals surface area contributed by atoms with Gasteiger partial charge in [0.05, 0.1) is 24.2 Å². The van der Waals surface area contributed by atoms with Gasteiger partial charge in [0.15, 0.2) is 5.96 Å². The number of rotatable bonds is 9. The third-order valence-electron chi connectivity index (χ3n) is 4.48. The highest BCUT2D eigenvalue weighted by atomic mass is 32.2. The van der Waals surface area contributed by atoms with Crippen molar-refractivity contribution in [2.45, 2.75) is 26.8 Å². The Morgan fingerprint density at radius 1 is 1.14 bits per heavy atom. The minimum atomic E-state index is 0.573. The summed E-state index contributed by atoms with van der Waals surface area (Å²) in [6.07, 6.45) is 4.63. The Bertz CT molecular complexity index is 917. The topological polar surface area (TPSA) is 67.4 Å². The van der Waals surface area contributed by atoms with Crippen molar-refractivity contribution in [3.05, 3.63) is 71.4 Å². The lowest BCUT2D eigenvalue weighted by Crippen LogP contribution is -2.39. The first-order chi connectivity index (χ1) is 14.2. The predicted molar refractivity (Wildman–Crippen MR) is 121 cm³/mol. The summed E-state index contributed by atoms with van der Waals surface area (Å²) in [6, 6.07) is 14.3. The Balaban J connectivity index is 1.71. The third-order valence-corrected chi connectivity index (χ3v) is 5.09. The Hall–Kier alpha value is -2.67. The van der Waals surface area contributed by atoms with Crippen LogP contribution in [0.5, 0.6) is 0 Å². The number of aryl methyl sites for hydroxylation is 2. The second kappa shape index (κ2) is 10.8. The van der Waals surface area contributed by atoms with Crippen LogP contribution >= 0.6 is 11.8 Å². The maximum absolute atomic E-state index is 5.41. The van der Waals surface area contributed by atoms with E-state index in [1.165, 1.54) is 0 Å². The van der Waals surface area contributed by atoms with E-state index in [9.17, 15) is 0 Å². The van der Waals surface area contributed by atoms with E-state index in [1.807, 2.05) is 47.6 Å². The van der Waals surface area contributed by atoms with Crippen molar-refractivity contribution in [2.24, 2.45) is 4.99 Å². The average Bonchev–Trinajstić information content (AvgIpc) is 3.35. The number of guanidine groups is 1. The summed E-state index contributed by atoms with van der Waals surface area (Å²) in [7, 11) is 0. The molecule has 0 fully saturated rings. The fourth-order valence-electron chi connectivity index (χ4n) is 3.09. The first kappa shape index (κ1) is 21.0. The molecule has 6 nitrogen and oxygen atoms in total. The Morgan fingerprint density at radius 3 is 2.69 bits per heavy atom. The van der Waals surface area contributed by atoms with Crippen LogP contribution in [0.1, 0.15) is 22.7 Å². The number of benzene rings is 1. The van der Waals surface area contributed by atoms with Crippen molar-refractivity contribution in [3.8, 4) is 5.69 Å². The second-order valence-corrected chi connectivity index (χ2v) is 7.79. The molecule has 154 valence electrons. The highest BCUT2D eigenvalue weighted by Gasteiger charge is 2.09. The number of hydrogen-bond acceptors (Lipinski definition) is 4. The zero-order chi connectivity index (χ0) is 20.5. The third kappa shape index (κ3) is 6.15. The molecule has 1 aromatic carbocycles. The van der Waals surface area contributed by atoms with E-state index in [1.54, 1.807) is 6.26 Å². The molecule has 0 atom stereocenters. The smallest absolute Gasteiger partial charge is 0.191 e. The van der Waals surface area contributed by atoms with Crippen LogP contribution in [-0.2, 0) is 13.0 Å². The van der Waals surface area contributed by atoms with Crippen LogP contribution in [0.2, 0.25) is 0 Å². The van der Waals surface area contributed by atoms with Gasteiger partial charge in [0.25, 0.3) is 0 Å². The molecule has 3 rings (SSSR count). The molecule has 29 heavy (non-hydrogen) atoms. The minimum Gasteiger partial charge on any atom is -0.469 e. The van der Waals surface area contributed by atoms with Crippen LogP contribution in [0.4, 0.5) is 0 Å². The van der Waals surface area contributed by atoms with Crippen LogP contribution < -0.4 is 10.6 Å². The number of nitrogens with zero attached hydrogens (tertiary/aromatic N) is 3. The van der Waals surface area contributed by atoms with E-state index >= 15 is 0 Å². The van der Waals surface area contributed by atoms with E-state index in [-0.39, 0.29) is 0 Å². The molecular weight excluding hydrogens is 382 g/mol. The molecule has 0 spiro atoms. The number of aromatic nitrogens is 2. The summed E-state index contributed by atoms with van der Waals surface area (Å²) in [5.41, 5.74) is 4.34. The highest BCUT2D eigenvalue weighted by Crippen LogP contribution is 2.17. The monoisotopic (exact) mass is 411 g/mol. The Labute approximate surface area is 176 Å². The van der Waals surface area contributed by atoms with Crippen LogP contribution in [0.25, 0.3) is 5.69 Å². The van der Waals surface area contributed by atoms with Gasteiger partial charge in [-0.1, -0.05) is 18.2 Å². The average molecular weight is 412 g/mol. The molecule has 0 bridgehead atoms. The van der Waals surface area contributed by atoms with Gasteiger partial charge in [0.1, 0.15) is 5.76 Å². The van der Waals surface area contributed by atoms with E-state index in [0.29, 0.717) is 6.54 Å². The number of thioether (sulfide) groups is 1. The fraction of sp³-hybridized carbons (Fsp3) is 0.364. The molecule has 7 heteroatoms. The lowest BCUT2D eigenvalue weighted by Gasteiger charge is -2.13. The van der Waals surface area contributed by atoms with Crippen molar-refractivity contribution in [1.29, 1.82) is 0 Å². The Morgan fingerprint density at radius 2 is 1.97 bits per heavy atom. The lowest BCUT2D eigenvalue weighted by molar-refractivity contribution is 0.507. The van der Waals surface area contributed by atoms with Crippen molar-refractivity contribution in [1.82, 2.24) is 20.4 Å². The number of nitrogens with one attached hydrogen (secondary N) is 2. The van der Waals surface area contributed by atoms with Gasteiger partial charge in [-0.05, 0) is 49.9 Å². The number of hydrogen-bond donors (Lipinski definition) is 2. The summed E-state index contributed by atoms with van der Waals surface area (Å²) in [5, 5.41) is 11.5. The molecule has 0 aliphatic heterocycles. The number of furan rings is 1. The lowest BCUT2D eigenvalue weighted by atomic mass is 10.2. The van der Waals surface area contributed by atoms with Crippen LogP contribution in [0, 0.1) is 13.8 Å². The molecule has 2 N–H and O–H groups in total. The van der Waals surface area contributed by atoms with Crippen LogP contribution in [0.3, 0.4) is 0 Å². The van der Waals surface area contributed by atoms with Gasteiger partial charge in [-0.2, -0.15) is 16.9 Å².